The lowest BCUT2D eigenvalue weighted by Gasteiger charge is -2.39. The van der Waals surface area contributed by atoms with E-state index in [0.717, 1.165) is 31.5 Å². The Hall–Kier alpha value is -1.00. The molecule has 18 heavy (non-hydrogen) atoms. The van der Waals surface area contributed by atoms with Gasteiger partial charge in [-0.15, -0.1) is 0 Å². The van der Waals surface area contributed by atoms with Crippen LogP contribution in [0.2, 0.25) is 0 Å². The van der Waals surface area contributed by atoms with Gasteiger partial charge in [0.05, 0.1) is 0 Å². The van der Waals surface area contributed by atoms with Gasteiger partial charge in [-0.25, -0.2) is 8.78 Å². The van der Waals surface area contributed by atoms with Crippen molar-refractivity contribution < 1.29 is 8.78 Å². The lowest BCUT2D eigenvalue weighted by atomic mass is 9.85. The first-order valence-electron chi connectivity index (χ1n) is 6.43. The first kappa shape index (κ1) is 13.4. The SMILES string of the molecule is CNCC1CCCN(C)C1c1ccc(F)c(F)c1. The fourth-order valence-electron chi connectivity index (χ4n) is 2.96. The lowest BCUT2D eigenvalue weighted by Crippen LogP contribution is -2.39. The van der Waals surface area contributed by atoms with E-state index in [1.54, 1.807) is 6.07 Å². The minimum Gasteiger partial charge on any atom is -0.319 e. The molecule has 1 heterocycles. The van der Waals surface area contributed by atoms with Crippen molar-refractivity contribution >= 4 is 0 Å². The Morgan fingerprint density at radius 1 is 1.33 bits per heavy atom. The van der Waals surface area contributed by atoms with Gasteiger partial charge in [-0.1, -0.05) is 6.07 Å². The first-order valence-corrected chi connectivity index (χ1v) is 6.43. The normalized spacial score (nSPS) is 25.3. The minimum absolute atomic E-state index is 0.168. The second-order valence-electron chi connectivity index (χ2n) is 5.06. The number of rotatable bonds is 3. The molecule has 2 rings (SSSR count). The fraction of sp³-hybridized carbons (Fsp3) is 0.571. The first-order chi connectivity index (χ1) is 8.63. The number of nitrogens with one attached hydrogen (secondary N) is 1. The smallest absolute Gasteiger partial charge is 0.159 e. The Labute approximate surface area is 107 Å². The predicted molar refractivity (Wildman–Crippen MR) is 68.4 cm³/mol. The molecule has 4 heteroatoms. The molecule has 0 bridgehead atoms. The highest BCUT2D eigenvalue weighted by molar-refractivity contribution is 5.22. The maximum absolute atomic E-state index is 13.4. The third kappa shape index (κ3) is 2.70. The molecule has 0 saturated carbocycles. The van der Waals surface area contributed by atoms with E-state index in [2.05, 4.69) is 10.2 Å². The van der Waals surface area contributed by atoms with E-state index in [9.17, 15) is 8.78 Å². The molecular weight excluding hydrogens is 234 g/mol. The maximum atomic E-state index is 13.4. The summed E-state index contributed by atoms with van der Waals surface area (Å²) < 4.78 is 26.4. The molecule has 0 amide bonds. The molecule has 1 aliphatic heterocycles. The van der Waals surface area contributed by atoms with Crippen LogP contribution in [0.1, 0.15) is 24.4 Å². The van der Waals surface area contributed by atoms with E-state index in [0.29, 0.717) is 5.92 Å². The van der Waals surface area contributed by atoms with Crippen molar-refractivity contribution in [3.63, 3.8) is 0 Å². The third-order valence-electron chi connectivity index (χ3n) is 3.76. The molecule has 0 radical (unpaired) electrons. The van der Waals surface area contributed by atoms with Crippen molar-refractivity contribution in [2.45, 2.75) is 18.9 Å². The summed E-state index contributed by atoms with van der Waals surface area (Å²) in [6, 6.07) is 4.43. The average molecular weight is 254 g/mol. The van der Waals surface area contributed by atoms with Crippen molar-refractivity contribution in [2.75, 3.05) is 27.2 Å². The number of likely N-dealkylation sites (tertiary alicyclic amines) is 1. The second-order valence-corrected chi connectivity index (χ2v) is 5.06. The van der Waals surface area contributed by atoms with Gasteiger partial charge in [0.15, 0.2) is 11.6 Å². The highest BCUT2D eigenvalue weighted by Crippen LogP contribution is 2.35. The molecule has 2 nitrogen and oxygen atoms in total. The van der Waals surface area contributed by atoms with Crippen LogP contribution in [0.5, 0.6) is 0 Å². The molecule has 0 aromatic heterocycles. The molecule has 1 aromatic rings. The Kier molecular flexibility index (Phi) is 4.30. The number of halogens is 2. The summed E-state index contributed by atoms with van der Waals surface area (Å²) in [6.45, 7) is 1.90. The third-order valence-corrected chi connectivity index (χ3v) is 3.76. The molecule has 1 N–H and O–H groups in total. The van der Waals surface area contributed by atoms with Gasteiger partial charge in [0.2, 0.25) is 0 Å². The molecule has 1 aliphatic rings. The summed E-state index contributed by atoms with van der Waals surface area (Å²) in [5.41, 5.74) is 0.872. The quantitative estimate of drug-likeness (QED) is 0.892. The number of nitrogens with zero attached hydrogens (tertiary/aromatic N) is 1. The van der Waals surface area contributed by atoms with Crippen molar-refractivity contribution in [3.05, 3.63) is 35.4 Å². The van der Waals surface area contributed by atoms with Crippen molar-refractivity contribution in [1.29, 1.82) is 0 Å². The molecule has 0 spiro atoms. The van der Waals surface area contributed by atoms with Crippen LogP contribution in [0.15, 0.2) is 18.2 Å². The van der Waals surface area contributed by atoms with Crippen LogP contribution in [0.3, 0.4) is 0 Å². The van der Waals surface area contributed by atoms with E-state index < -0.39 is 11.6 Å². The van der Waals surface area contributed by atoms with Gasteiger partial charge in [0, 0.05) is 6.04 Å². The second kappa shape index (κ2) is 5.76. The van der Waals surface area contributed by atoms with E-state index in [4.69, 9.17) is 0 Å². The molecular formula is C14H20F2N2. The zero-order valence-corrected chi connectivity index (χ0v) is 10.9. The number of benzene rings is 1. The standard InChI is InChI=1S/C14H20F2N2/c1-17-9-11-4-3-7-18(2)14(11)10-5-6-12(15)13(16)8-10/h5-6,8,11,14,17H,3-4,7,9H2,1-2H3. The van der Waals surface area contributed by atoms with Crippen molar-refractivity contribution in [2.24, 2.45) is 5.92 Å². The van der Waals surface area contributed by atoms with Crippen LogP contribution in [0.25, 0.3) is 0 Å². The highest BCUT2D eigenvalue weighted by atomic mass is 19.2. The molecule has 1 fully saturated rings. The van der Waals surface area contributed by atoms with Gasteiger partial charge < -0.3 is 5.32 Å². The summed E-state index contributed by atoms with van der Waals surface area (Å²) in [4.78, 5) is 2.23. The van der Waals surface area contributed by atoms with Gasteiger partial charge in [-0.2, -0.15) is 0 Å². The largest absolute Gasteiger partial charge is 0.319 e. The summed E-state index contributed by atoms with van der Waals surface area (Å²) in [6.07, 6.45) is 2.28. The Morgan fingerprint density at radius 3 is 2.78 bits per heavy atom. The fourth-order valence-corrected chi connectivity index (χ4v) is 2.96. The zero-order valence-electron chi connectivity index (χ0n) is 10.9. The Bertz CT molecular complexity index is 407. The monoisotopic (exact) mass is 254 g/mol. The van der Waals surface area contributed by atoms with Gasteiger partial charge in [0.25, 0.3) is 0 Å². The van der Waals surface area contributed by atoms with Gasteiger partial charge in [-0.3, -0.25) is 4.90 Å². The van der Waals surface area contributed by atoms with Crippen LogP contribution >= 0.6 is 0 Å². The molecule has 0 aliphatic carbocycles. The molecule has 2 atom stereocenters. The van der Waals surface area contributed by atoms with Crippen LogP contribution in [-0.2, 0) is 0 Å². The maximum Gasteiger partial charge on any atom is 0.159 e. The summed E-state index contributed by atoms with van der Waals surface area (Å²) in [5.74, 6) is -1.09. The molecule has 1 saturated heterocycles. The zero-order chi connectivity index (χ0) is 13.1. The molecule has 100 valence electrons. The van der Waals surface area contributed by atoms with Crippen molar-refractivity contribution in [3.8, 4) is 0 Å². The van der Waals surface area contributed by atoms with E-state index in [-0.39, 0.29) is 6.04 Å². The van der Waals surface area contributed by atoms with Crippen LogP contribution in [0.4, 0.5) is 8.78 Å². The molecule has 1 aromatic carbocycles. The van der Waals surface area contributed by atoms with E-state index in [1.807, 2.05) is 14.1 Å². The van der Waals surface area contributed by atoms with Gasteiger partial charge >= 0.3 is 0 Å². The minimum atomic E-state index is -0.776. The Morgan fingerprint density at radius 2 is 2.11 bits per heavy atom. The molecule has 2 unspecified atom stereocenters. The predicted octanol–water partition coefficient (Wildman–Crippen LogP) is 2.57. The lowest BCUT2D eigenvalue weighted by molar-refractivity contribution is 0.120. The topological polar surface area (TPSA) is 15.3 Å². The summed E-state index contributed by atoms with van der Waals surface area (Å²) in [7, 11) is 3.98. The average Bonchev–Trinajstić information content (AvgIpc) is 2.34. The Balaban J connectivity index is 2.28. The van der Waals surface area contributed by atoms with Gasteiger partial charge in [-0.05, 0) is 63.6 Å². The van der Waals surface area contributed by atoms with E-state index in [1.165, 1.54) is 12.1 Å². The van der Waals surface area contributed by atoms with Crippen molar-refractivity contribution in [1.82, 2.24) is 10.2 Å². The highest BCUT2D eigenvalue weighted by Gasteiger charge is 2.30. The number of hydrogen-bond acceptors (Lipinski definition) is 2. The van der Waals surface area contributed by atoms with Crippen LogP contribution in [-0.4, -0.2) is 32.1 Å². The summed E-state index contributed by atoms with van der Waals surface area (Å²) >= 11 is 0. The van der Waals surface area contributed by atoms with Crippen LogP contribution in [0, 0.1) is 17.6 Å². The van der Waals surface area contributed by atoms with E-state index >= 15 is 0 Å². The number of piperidine rings is 1. The summed E-state index contributed by atoms with van der Waals surface area (Å²) in [5, 5.41) is 3.19. The number of hydrogen-bond donors (Lipinski definition) is 1. The van der Waals surface area contributed by atoms with Crippen LogP contribution < -0.4 is 5.32 Å². The van der Waals surface area contributed by atoms with Gasteiger partial charge in [0.1, 0.15) is 0 Å².